The average Bonchev–Trinajstić information content (AvgIpc) is 2.56. The SMILES string of the molecule is Nc1ccc2oc3ccc(N)nc3c2c1. The molecule has 0 aliphatic carbocycles. The highest BCUT2D eigenvalue weighted by molar-refractivity contribution is 6.03. The Balaban J connectivity index is 2.55. The van der Waals surface area contributed by atoms with E-state index < -0.39 is 0 Å². The number of hydrogen-bond donors (Lipinski definition) is 2. The van der Waals surface area contributed by atoms with E-state index >= 15 is 0 Å². The maximum atomic E-state index is 5.71. The van der Waals surface area contributed by atoms with Crippen molar-refractivity contribution in [3.05, 3.63) is 30.3 Å². The number of pyridine rings is 1. The molecule has 2 heterocycles. The summed E-state index contributed by atoms with van der Waals surface area (Å²) in [4.78, 5) is 4.23. The van der Waals surface area contributed by atoms with E-state index in [0.29, 0.717) is 11.5 Å². The van der Waals surface area contributed by atoms with Gasteiger partial charge in [0.2, 0.25) is 0 Å². The Morgan fingerprint density at radius 1 is 1.00 bits per heavy atom. The van der Waals surface area contributed by atoms with Crippen LogP contribution in [-0.4, -0.2) is 4.98 Å². The van der Waals surface area contributed by atoms with E-state index in [-0.39, 0.29) is 0 Å². The molecular formula is C11H9N3O. The molecule has 4 N–H and O–H groups in total. The lowest BCUT2D eigenvalue weighted by molar-refractivity contribution is 0.668. The van der Waals surface area contributed by atoms with Crippen LogP contribution < -0.4 is 11.5 Å². The van der Waals surface area contributed by atoms with Gasteiger partial charge in [0.15, 0.2) is 5.58 Å². The van der Waals surface area contributed by atoms with Gasteiger partial charge in [0.05, 0.1) is 0 Å². The minimum Gasteiger partial charge on any atom is -0.454 e. The Morgan fingerprint density at radius 2 is 1.80 bits per heavy atom. The fraction of sp³-hybridized carbons (Fsp3) is 0. The Kier molecular flexibility index (Phi) is 1.42. The number of aromatic nitrogens is 1. The van der Waals surface area contributed by atoms with Crippen LogP contribution in [0, 0.1) is 0 Å². The van der Waals surface area contributed by atoms with Gasteiger partial charge in [-0.25, -0.2) is 4.98 Å². The number of fused-ring (bicyclic) bond motifs is 3. The standard InChI is InChI=1S/C11H9N3O/c12-6-1-2-8-7(5-6)11-9(15-8)3-4-10(13)14-11/h1-5H,12H2,(H2,13,14). The van der Waals surface area contributed by atoms with Gasteiger partial charge in [0, 0.05) is 11.1 Å². The van der Waals surface area contributed by atoms with Crippen molar-refractivity contribution in [3.63, 3.8) is 0 Å². The maximum Gasteiger partial charge on any atom is 0.154 e. The highest BCUT2D eigenvalue weighted by Crippen LogP contribution is 2.28. The maximum absolute atomic E-state index is 5.71. The van der Waals surface area contributed by atoms with Crippen molar-refractivity contribution >= 4 is 33.6 Å². The molecule has 0 amide bonds. The molecule has 0 saturated heterocycles. The van der Waals surface area contributed by atoms with Gasteiger partial charge in [-0.05, 0) is 30.3 Å². The molecule has 2 aromatic heterocycles. The number of anilines is 2. The second kappa shape index (κ2) is 2.63. The predicted molar refractivity (Wildman–Crippen MR) is 60.3 cm³/mol. The first-order chi connectivity index (χ1) is 7.24. The summed E-state index contributed by atoms with van der Waals surface area (Å²) in [5.74, 6) is 0.479. The second-order valence-corrected chi connectivity index (χ2v) is 3.44. The zero-order valence-corrected chi connectivity index (χ0v) is 7.90. The van der Waals surface area contributed by atoms with E-state index in [2.05, 4.69) is 4.98 Å². The van der Waals surface area contributed by atoms with Crippen molar-refractivity contribution < 1.29 is 4.42 Å². The Bertz CT molecular complexity index is 601. The normalized spacial score (nSPS) is 11.2. The van der Waals surface area contributed by atoms with Crippen molar-refractivity contribution in [2.45, 2.75) is 0 Å². The molecule has 3 rings (SSSR count). The number of nitrogens with two attached hydrogens (primary N) is 2. The van der Waals surface area contributed by atoms with E-state index in [1.54, 1.807) is 12.1 Å². The van der Waals surface area contributed by atoms with Crippen molar-refractivity contribution in [2.75, 3.05) is 11.5 Å². The molecule has 0 fully saturated rings. The number of rotatable bonds is 0. The molecule has 4 heteroatoms. The number of benzene rings is 1. The summed E-state index contributed by atoms with van der Waals surface area (Å²) in [7, 11) is 0. The molecule has 0 bridgehead atoms. The van der Waals surface area contributed by atoms with Crippen LogP contribution in [0.25, 0.3) is 22.1 Å². The van der Waals surface area contributed by atoms with Crippen LogP contribution in [0.1, 0.15) is 0 Å². The average molecular weight is 199 g/mol. The topological polar surface area (TPSA) is 78.1 Å². The first kappa shape index (κ1) is 8.11. The van der Waals surface area contributed by atoms with Crippen molar-refractivity contribution in [1.29, 1.82) is 0 Å². The van der Waals surface area contributed by atoms with Crippen molar-refractivity contribution in [1.82, 2.24) is 4.98 Å². The van der Waals surface area contributed by atoms with Gasteiger partial charge >= 0.3 is 0 Å². The molecule has 0 radical (unpaired) electrons. The molecule has 0 saturated carbocycles. The summed E-state index contributed by atoms with van der Waals surface area (Å²) in [5, 5.41) is 0.900. The second-order valence-electron chi connectivity index (χ2n) is 3.44. The zero-order valence-electron chi connectivity index (χ0n) is 7.90. The van der Waals surface area contributed by atoms with E-state index in [9.17, 15) is 0 Å². The van der Waals surface area contributed by atoms with Crippen LogP contribution in [-0.2, 0) is 0 Å². The van der Waals surface area contributed by atoms with Gasteiger partial charge in [-0.3, -0.25) is 0 Å². The summed E-state index contributed by atoms with van der Waals surface area (Å²) in [6.45, 7) is 0. The largest absolute Gasteiger partial charge is 0.454 e. The summed E-state index contributed by atoms with van der Waals surface area (Å²) in [6.07, 6.45) is 0. The first-order valence-corrected chi connectivity index (χ1v) is 4.58. The first-order valence-electron chi connectivity index (χ1n) is 4.58. The highest BCUT2D eigenvalue weighted by Gasteiger charge is 2.08. The quantitative estimate of drug-likeness (QED) is 0.544. The summed E-state index contributed by atoms with van der Waals surface area (Å²) in [5.41, 5.74) is 14.3. The molecule has 15 heavy (non-hydrogen) atoms. The van der Waals surface area contributed by atoms with E-state index in [4.69, 9.17) is 15.9 Å². The minimum absolute atomic E-state index is 0.479. The van der Waals surface area contributed by atoms with Gasteiger partial charge < -0.3 is 15.9 Å². The Hall–Kier alpha value is -2.23. The molecule has 0 atom stereocenters. The smallest absolute Gasteiger partial charge is 0.154 e. The monoisotopic (exact) mass is 199 g/mol. The lowest BCUT2D eigenvalue weighted by Crippen LogP contribution is -1.88. The van der Waals surface area contributed by atoms with Gasteiger partial charge in [0.25, 0.3) is 0 Å². The number of nitrogen functional groups attached to an aromatic ring is 2. The van der Waals surface area contributed by atoms with Crippen LogP contribution in [0.15, 0.2) is 34.7 Å². The van der Waals surface area contributed by atoms with Crippen LogP contribution in [0.3, 0.4) is 0 Å². The lowest BCUT2D eigenvalue weighted by Gasteiger charge is -1.92. The van der Waals surface area contributed by atoms with Gasteiger partial charge in [-0.1, -0.05) is 0 Å². The zero-order chi connectivity index (χ0) is 10.4. The lowest BCUT2D eigenvalue weighted by atomic mass is 10.2. The van der Waals surface area contributed by atoms with E-state index in [1.807, 2.05) is 18.2 Å². The van der Waals surface area contributed by atoms with Gasteiger partial charge in [-0.15, -0.1) is 0 Å². The number of nitrogens with zero attached hydrogens (tertiary/aromatic N) is 1. The van der Waals surface area contributed by atoms with Crippen LogP contribution in [0.5, 0.6) is 0 Å². The summed E-state index contributed by atoms with van der Waals surface area (Å²) in [6, 6.07) is 9.01. The van der Waals surface area contributed by atoms with Gasteiger partial charge in [-0.2, -0.15) is 0 Å². The molecule has 0 spiro atoms. The Labute approximate surface area is 85.5 Å². The molecule has 0 unspecified atom stereocenters. The molecule has 74 valence electrons. The third-order valence-electron chi connectivity index (χ3n) is 2.36. The summed E-state index contributed by atoms with van der Waals surface area (Å²) >= 11 is 0. The van der Waals surface area contributed by atoms with Crippen LogP contribution >= 0.6 is 0 Å². The number of hydrogen-bond acceptors (Lipinski definition) is 4. The number of furan rings is 1. The van der Waals surface area contributed by atoms with Crippen LogP contribution in [0.4, 0.5) is 11.5 Å². The highest BCUT2D eigenvalue weighted by atomic mass is 16.3. The fourth-order valence-corrected chi connectivity index (χ4v) is 1.68. The molecule has 3 aromatic rings. The van der Waals surface area contributed by atoms with Crippen molar-refractivity contribution in [3.8, 4) is 0 Å². The third-order valence-corrected chi connectivity index (χ3v) is 2.36. The van der Waals surface area contributed by atoms with Gasteiger partial charge in [0.1, 0.15) is 16.9 Å². The molecule has 1 aromatic carbocycles. The predicted octanol–water partition coefficient (Wildman–Crippen LogP) is 2.15. The third kappa shape index (κ3) is 1.11. The van der Waals surface area contributed by atoms with E-state index in [0.717, 1.165) is 22.1 Å². The van der Waals surface area contributed by atoms with E-state index in [1.165, 1.54) is 0 Å². The molecule has 4 nitrogen and oxygen atoms in total. The van der Waals surface area contributed by atoms with Crippen molar-refractivity contribution in [2.24, 2.45) is 0 Å². The molecular weight excluding hydrogens is 190 g/mol. The Morgan fingerprint density at radius 3 is 2.67 bits per heavy atom. The van der Waals surface area contributed by atoms with Crippen LogP contribution in [0.2, 0.25) is 0 Å². The summed E-state index contributed by atoms with van der Waals surface area (Å²) < 4.78 is 5.59. The molecule has 0 aliphatic heterocycles. The fourth-order valence-electron chi connectivity index (χ4n) is 1.68. The minimum atomic E-state index is 0.479. The molecule has 0 aliphatic rings.